The molecule has 3 aromatic rings. The lowest BCUT2D eigenvalue weighted by Crippen LogP contribution is -2.08. The summed E-state index contributed by atoms with van der Waals surface area (Å²) >= 11 is 0. The fraction of sp³-hybridized carbons (Fsp3) is 0.214. The predicted molar refractivity (Wildman–Crippen MR) is 74.5 cm³/mol. The van der Waals surface area contributed by atoms with Gasteiger partial charge in [-0.25, -0.2) is 13.8 Å². The van der Waals surface area contributed by atoms with E-state index in [4.69, 9.17) is 0 Å². The molecule has 2 aromatic heterocycles. The summed E-state index contributed by atoms with van der Waals surface area (Å²) in [6.45, 7) is 3.84. The third-order valence-electron chi connectivity index (χ3n) is 3.21. The third kappa shape index (κ3) is 2.42. The quantitative estimate of drug-likeness (QED) is 0.805. The summed E-state index contributed by atoms with van der Waals surface area (Å²) in [5.74, 6) is -0.237. The minimum atomic E-state index is -0.642. The summed E-state index contributed by atoms with van der Waals surface area (Å²) in [6, 6.07) is 3.27. The number of hydrogen-bond acceptors (Lipinski definition) is 4. The van der Waals surface area contributed by atoms with Crippen LogP contribution in [-0.2, 0) is 6.42 Å². The van der Waals surface area contributed by atoms with Gasteiger partial charge in [-0.15, -0.1) is 0 Å². The van der Waals surface area contributed by atoms with E-state index in [1.807, 2.05) is 13.8 Å². The van der Waals surface area contributed by atoms with Crippen molar-refractivity contribution in [3.05, 3.63) is 47.4 Å². The van der Waals surface area contributed by atoms with Crippen LogP contribution in [0.5, 0.6) is 0 Å². The third-order valence-corrected chi connectivity index (χ3v) is 3.21. The van der Waals surface area contributed by atoms with E-state index in [1.165, 1.54) is 23.0 Å². The van der Waals surface area contributed by atoms with Crippen LogP contribution in [0.3, 0.4) is 0 Å². The van der Waals surface area contributed by atoms with Crippen LogP contribution in [0.4, 0.5) is 20.3 Å². The lowest BCUT2D eigenvalue weighted by molar-refractivity contribution is 0.584. The number of nitrogens with zero attached hydrogens (tertiary/aromatic N) is 4. The highest BCUT2D eigenvalue weighted by molar-refractivity contribution is 5.62. The van der Waals surface area contributed by atoms with E-state index in [0.717, 1.165) is 17.3 Å². The molecule has 0 aliphatic heterocycles. The normalized spacial score (nSPS) is 11.0. The zero-order valence-corrected chi connectivity index (χ0v) is 11.6. The Balaban J connectivity index is 2.16. The van der Waals surface area contributed by atoms with Crippen LogP contribution in [-0.4, -0.2) is 19.6 Å². The second kappa shape index (κ2) is 5.08. The molecule has 1 N–H and O–H groups in total. The second-order valence-electron chi connectivity index (χ2n) is 4.63. The van der Waals surface area contributed by atoms with Gasteiger partial charge in [0, 0.05) is 23.0 Å². The van der Waals surface area contributed by atoms with Crippen molar-refractivity contribution in [2.75, 3.05) is 5.32 Å². The van der Waals surface area contributed by atoms with Gasteiger partial charge in [0.15, 0.2) is 0 Å². The average molecular weight is 289 g/mol. The molecule has 0 aliphatic rings. The minimum absolute atomic E-state index is 0.310. The van der Waals surface area contributed by atoms with Crippen molar-refractivity contribution in [3.8, 4) is 0 Å². The van der Waals surface area contributed by atoms with E-state index in [0.29, 0.717) is 23.7 Å². The van der Waals surface area contributed by atoms with Crippen LogP contribution < -0.4 is 5.32 Å². The van der Waals surface area contributed by atoms with E-state index in [1.54, 1.807) is 0 Å². The molecule has 7 heteroatoms. The maximum Gasteiger partial charge on any atom is 0.254 e. The first-order valence-corrected chi connectivity index (χ1v) is 6.51. The maximum absolute atomic E-state index is 13.3. The van der Waals surface area contributed by atoms with Crippen LogP contribution in [0.15, 0.2) is 24.5 Å². The van der Waals surface area contributed by atoms with E-state index >= 15 is 0 Å². The van der Waals surface area contributed by atoms with E-state index in [-0.39, 0.29) is 0 Å². The SMILES string of the molecule is CCc1c(C)nc2ncnn2c1Nc1cc(F)cc(F)c1. The predicted octanol–water partition coefficient (Wildman–Crippen LogP) is 3.02. The number of aromatic nitrogens is 4. The minimum Gasteiger partial charge on any atom is -0.340 e. The van der Waals surface area contributed by atoms with Crippen molar-refractivity contribution in [2.45, 2.75) is 20.3 Å². The molecule has 0 fully saturated rings. The number of benzene rings is 1. The van der Waals surface area contributed by atoms with Crippen molar-refractivity contribution in [2.24, 2.45) is 0 Å². The van der Waals surface area contributed by atoms with Crippen LogP contribution in [0.1, 0.15) is 18.2 Å². The van der Waals surface area contributed by atoms with Gasteiger partial charge in [-0.05, 0) is 25.5 Å². The highest BCUT2D eigenvalue weighted by Crippen LogP contribution is 2.24. The molecular weight excluding hydrogens is 276 g/mol. The molecule has 0 atom stereocenters. The molecule has 21 heavy (non-hydrogen) atoms. The zero-order chi connectivity index (χ0) is 15.0. The zero-order valence-electron chi connectivity index (χ0n) is 11.6. The van der Waals surface area contributed by atoms with Gasteiger partial charge < -0.3 is 5.32 Å². The van der Waals surface area contributed by atoms with Gasteiger partial charge in [0.05, 0.1) is 0 Å². The van der Waals surface area contributed by atoms with Crippen molar-refractivity contribution >= 4 is 17.3 Å². The summed E-state index contributed by atoms with van der Waals surface area (Å²) in [6.07, 6.45) is 2.09. The average Bonchev–Trinajstić information content (AvgIpc) is 2.85. The molecule has 0 saturated carbocycles. The van der Waals surface area contributed by atoms with Gasteiger partial charge in [0.25, 0.3) is 5.78 Å². The molecule has 3 rings (SSSR count). The molecule has 0 amide bonds. The van der Waals surface area contributed by atoms with Gasteiger partial charge in [0.2, 0.25) is 0 Å². The van der Waals surface area contributed by atoms with Crippen LogP contribution >= 0.6 is 0 Å². The summed E-state index contributed by atoms with van der Waals surface area (Å²) in [4.78, 5) is 8.39. The fourth-order valence-electron chi connectivity index (χ4n) is 2.30. The van der Waals surface area contributed by atoms with E-state index in [9.17, 15) is 8.78 Å². The van der Waals surface area contributed by atoms with Crippen molar-refractivity contribution in [3.63, 3.8) is 0 Å². The number of fused-ring (bicyclic) bond motifs is 1. The van der Waals surface area contributed by atoms with Gasteiger partial charge in [-0.1, -0.05) is 6.92 Å². The van der Waals surface area contributed by atoms with Crippen LogP contribution in [0, 0.1) is 18.6 Å². The monoisotopic (exact) mass is 289 g/mol. The first-order valence-electron chi connectivity index (χ1n) is 6.51. The number of aryl methyl sites for hydroxylation is 1. The molecule has 0 unspecified atom stereocenters. The van der Waals surface area contributed by atoms with Gasteiger partial charge in [0.1, 0.15) is 23.8 Å². The number of rotatable bonds is 3. The lowest BCUT2D eigenvalue weighted by atomic mass is 10.1. The summed E-state index contributed by atoms with van der Waals surface area (Å²) < 4.78 is 28.2. The molecule has 108 valence electrons. The Hall–Kier alpha value is -2.57. The Morgan fingerprint density at radius 1 is 1.19 bits per heavy atom. The van der Waals surface area contributed by atoms with Crippen molar-refractivity contribution < 1.29 is 8.78 Å². The number of halogens is 2. The molecule has 0 spiro atoms. The topological polar surface area (TPSA) is 55.1 Å². The first-order chi connectivity index (χ1) is 10.1. The molecule has 0 aliphatic carbocycles. The van der Waals surface area contributed by atoms with Gasteiger partial charge in [-0.3, -0.25) is 0 Å². The van der Waals surface area contributed by atoms with E-state index < -0.39 is 11.6 Å². The second-order valence-corrected chi connectivity index (χ2v) is 4.63. The Morgan fingerprint density at radius 2 is 1.90 bits per heavy atom. The number of hydrogen-bond donors (Lipinski definition) is 1. The number of nitrogens with one attached hydrogen (secondary N) is 1. The molecule has 2 heterocycles. The highest BCUT2D eigenvalue weighted by Gasteiger charge is 2.14. The van der Waals surface area contributed by atoms with Crippen LogP contribution in [0.25, 0.3) is 5.78 Å². The summed E-state index contributed by atoms with van der Waals surface area (Å²) in [5, 5.41) is 7.12. The molecule has 1 aromatic carbocycles. The molecule has 0 radical (unpaired) electrons. The standard InChI is InChI=1S/C14H13F2N5/c1-3-12-8(2)19-14-17-7-18-21(14)13(12)20-11-5-9(15)4-10(16)6-11/h4-7,20H,3H2,1-2H3. The Labute approximate surface area is 119 Å². The Bertz CT molecular complexity index is 792. The molecule has 5 nitrogen and oxygen atoms in total. The lowest BCUT2D eigenvalue weighted by Gasteiger charge is -2.14. The molecule has 0 bridgehead atoms. The Morgan fingerprint density at radius 3 is 2.57 bits per heavy atom. The van der Waals surface area contributed by atoms with Gasteiger partial charge in [-0.2, -0.15) is 14.6 Å². The van der Waals surface area contributed by atoms with Crippen LogP contribution in [0.2, 0.25) is 0 Å². The smallest absolute Gasteiger partial charge is 0.254 e. The van der Waals surface area contributed by atoms with Crippen molar-refractivity contribution in [1.29, 1.82) is 0 Å². The van der Waals surface area contributed by atoms with Crippen molar-refractivity contribution in [1.82, 2.24) is 19.6 Å². The largest absolute Gasteiger partial charge is 0.340 e. The Kier molecular flexibility index (Phi) is 3.25. The first kappa shape index (κ1) is 13.4. The highest BCUT2D eigenvalue weighted by atomic mass is 19.1. The number of anilines is 2. The van der Waals surface area contributed by atoms with Gasteiger partial charge >= 0.3 is 0 Å². The summed E-state index contributed by atoms with van der Waals surface area (Å²) in [5.41, 5.74) is 2.03. The molecular formula is C14H13F2N5. The van der Waals surface area contributed by atoms with E-state index in [2.05, 4.69) is 20.4 Å². The maximum atomic E-state index is 13.3. The summed E-state index contributed by atoms with van der Waals surface area (Å²) in [7, 11) is 0. The molecule has 0 saturated heterocycles. The fourth-order valence-corrected chi connectivity index (χ4v) is 2.30.